The maximum atomic E-state index is 13.5. The number of nitro groups is 1. The van der Waals surface area contributed by atoms with Gasteiger partial charge in [-0.25, -0.2) is 13.6 Å². The van der Waals surface area contributed by atoms with E-state index in [1.165, 1.54) is 12.1 Å². The van der Waals surface area contributed by atoms with Crippen molar-refractivity contribution in [3.8, 4) is 0 Å². The van der Waals surface area contributed by atoms with Crippen LogP contribution in [0.15, 0.2) is 46.2 Å². The number of carbonyl (C=O) groups is 1. The molecule has 21 heavy (non-hydrogen) atoms. The van der Waals surface area contributed by atoms with E-state index in [0.717, 1.165) is 30.0 Å². The van der Waals surface area contributed by atoms with E-state index >= 15 is 0 Å². The molecular weight excluding hydrogens is 304 g/mol. The summed E-state index contributed by atoms with van der Waals surface area (Å²) in [5.74, 6) is -2.96. The number of hydrogen-bond donors (Lipinski definition) is 1. The van der Waals surface area contributed by atoms with Crippen molar-refractivity contribution in [2.75, 3.05) is 0 Å². The number of hydrogen-bond acceptors (Lipinski definition) is 4. The molecule has 0 aliphatic rings. The van der Waals surface area contributed by atoms with Crippen LogP contribution < -0.4 is 0 Å². The molecule has 0 radical (unpaired) electrons. The predicted molar refractivity (Wildman–Crippen MR) is 70.5 cm³/mol. The number of carboxylic acids is 1. The minimum absolute atomic E-state index is 0.0776. The molecule has 8 heteroatoms. The third-order valence-electron chi connectivity index (χ3n) is 2.52. The fourth-order valence-corrected chi connectivity index (χ4v) is 2.44. The highest BCUT2D eigenvalue weighted by Gasteiger charge is 2.20. The number of nitrogens with zero attached hydrogens (tertiary/aromatic N) is 1. The lowest BCUT2D eigenvalue weighted by Gasteiger charge is -2.05. The molecule has 0 unspecified atom stereocenters. The molecule has 0 saturated carbocycles. The average Bonchev–Trinajstić information content (AvgIpc) is 2.41. The lowest BCUT2D eigenvalue weighted by molar-refractivity contribution is -0.385. The van der Waals surface area contributed by atoms with E-state index in [-0.39, 0.29) is 9.79 Å². The Hall–Kier alpha value is -2.48. The van der Waals surface area contributed by atoms with Gasteiger partial charge in [0.15, 0.2) is 0 Å². The van der Waals surface area contributed by atoms with Crippen molar-refractivity contribution in [1.82, 2.24) is 0 Å². The minimum Gasteiger partial charge on any atom is -0.477 e. The Kier molecular flexibility index (Phi) is 4.18. The van der Waals surface area contributed by atoms with Crippen LogP contribution in [0.25, 0.3) is 0 Å². The van der Waals surface area contributed by atoms with E-state index in [4.69, 9.17) is 5.11 Å². The highest BCUT2D eigenvalue weighted by molar-refractivity contribution is 7.99. The van der Waals surface area contributed by atoms with Gasteiger partial charge in [-0.15, -0.1) is 0 Å². The molecule has 0 aliphatic heterocycles. The van der Waals surface area contributed by atoms with Gasteiger partial charge in [-0.05, 0) is 24.3 Å². The zero-order valence-electron chi connectivity index (χ0n) is 10.2. The average molecular weight is 311 g/mol. The fourth-order valence-electron chi connectivity index (χ4n) is 1.59. The molecule has 1 N–H and O–H groups in total. The Balaban J connectivity index is 2.39. The molecule has 2 aromatic carbocycles. The van der Waals surface area contributed by atoms with Crippen LogP contribution >= 0.6 is 11.8 Å². The molecule has 0 aromatic heterocycles. The van der Waals surface area contributed by atoms with Crippen LogP contribution in [0.4, 0.5) is 14.5 Å². The SMILES string of the molecule is O=C(O)c1ccc(Sc2ccc(F)cc2F)cc1[N+](=O)[O-]. The molecule has 5 nitrogen and oxygen atoms in total. The van der Waals surface area contributed by atoms with Gasteiger partial charge in [0.05, 0.1) is 4.92 Å². The molecular formula is C13H7F2NO4S. The van der Waals surface area contributed by atoms with Crippen LogP contribution in [0, 0.1) is 21.7 Å². The second-order valence-electron chi connectivity index (χ2n) is 3.92. The molecule has 2 aromatic rings. The van der Waals surface area contributed by atoms with Crippen molar-refractivity contribution >= 4 is 23.4 Å². The van der Waals surface area contributed by atoms with Crippen LogP contribution in [0.3, 0.4) is 0 Å². The van der Waals surface area contributed by atoms with Crippen molar-refractivity contribution < 1.29 is 23.6 Å². The molecule has 2 rings (SSSR count). The van der Waals surface area contributed by atoms with Crippen LogP contribution in [-0.4, -0.2) is 16.0 Å². The number of carboxylic acid groups (broad SMARTS) is 1. The van der Waals surface area contributed by atoms with E-state index in [2.05, 4.69) is 0 Å². The van der Waals surface area contributed by atoms with Gasteiger partial charge in [0.2, 0.25) is 0 Å². The summed E-state index contributed by atoms with van der Waals surface area (Å²) in [6, 6.07) is 6.39. The van der Waals surface area contributed by atoms with Gasteiger partial charge >= 0.3 is 5.97 Å². The number of benzene rings is 2. The third kappa shape index (κ3) is 3.34. The summed E-state index contributed by atoms with van der Waals surface area (Å²) >= 11 is 0.836. The first-order valence-electron chi connectivity index (χ1n) is 5.53. The van der Waals surface area contributed by atoms with Gasteiger partial charge in [-0.2, -0.15) is 0 Å². The minimum atomic E-state index is -1.42. The highest BCUT2D eigenvalue weighted by Crippen LogP contribution is 2.33. The molecule has 0 fully saturated rings. The molecule has 108 valence electrons. The maximum Gasteiger partial charge on any atom is 0.342 e. The zero-order chi connectivity index (χ0) is 15.6. The van der Waals surface area contributed by atoms with Crippen LogP contribution in [0.5, 0.6) is 0 Å². The molecule has 0 spiro atoms. The first-order valence-corrected chi connectivity index (χ1v) is 6.35. The molecule has 0 aliphatic carbocycles. The zero-order valence-corrected chi connectivity index (χ0v) is 11.1. The maximum absolute atomic E-state index is 13.5. The van der Waals surface area contributed by atoms with E-state index in [1.54, 1.807) is 0 Å². The molecule has 0 saturated heterocycles. The quantitative estimate of drug-likeness (QED) is 0.687. The number of aromatic carboxylic acids is 1. The summed E-state index contributed by atoms with van der Waals surface area (Å²) in [4.78, 5) is 21.3. The first-order chi connectivity index (χ1) is 9.88. The van der Waals surface area contributed by atoms with Crippen molar-refractivity contribution in [1.29, 1.82) is 0 Å². The Morgan fingerprint density at radius 1 is 1.19 bits per heavy atom. The van der Waals surface area contributed by atoms with Gasteiger partial charge in [-0.1, -0.05) is 11.8 Å². The van der Waals surface area contributed by atoms with Crippen LogP contribution in [-0.2, 0) is 0 Å². The fraction of sp³-hybridized carbons (Fsp3) is 0. The van der Waals surface area contributed by atoms with E-state index in [0.29, 0.717) is 6.07 Å². The van der Waals surface area contributed by atoms with Crippen LogP contribution in [0.2, 0.25) is 0 Å². The Morgan fingerprint density at radius 2 is 1.90 bits per heavy atom. The second kappa shape index (κ2) is 5.88. The van der Waals surface area contributed by atoms with Crippen LogP contribution in [0.1, 0.15) is 10.4 Å². The normalized spacial score (nSPS) is 10.4. The Bertz CT molecular complexity index is 736. The van der Waals surface area contributed by atoms with Gasteiger partial charge in [0.25, 0.3) is 5.69 Å². The highest BCUT2D eigenvalue weighted by atomic mass is 32.2. The van der Waals surface area contributed by atoms with Gasteiger partial charge in [-0.3, -0.25) is 10.1 Å². The summed E-state index contributed by atoms with van der Waals surface area (Å²) in [5.41, 5.74) is -1.04. The van der Waals surface area contributed by atoms with E-state index < -0.39 is 33.8 Å². The summed E-state index contributed by atoms with van der Waals surface area (Å²) in [6.45, 7) is 0. The number of halogens is 2. The van der Waals surface area contributed by atoms with E-state index in [9.17, 15) is 23.7 Å². The lowest BCUT2D eigenvalue weighted by Crippen LogP contribution is -2.02. The summed E-state index contributed by atoms with van der Waals surface area (Å²) in [7, 11) is 0. The Morgan fingerprint density at radius 3 is 2.48 bits per heavy atom. The molecule has 0 bridgehead atoms. The number of rotatable bonds is 4. The lowest BCUT2D eigenvalue weighted by atomic mass is 10.2. The van der Waals surface area contributed by atoms with Crippen molar-refractivity contribution in [3.63, 3.8) is 0 Å². The topological polar surface area (TPSA) is 80.4 Å². The number of nitro benzene ring substituents is 1. The Labute approximate surface area is 121 Å². The molecule has 0 amide bonds. The summed E-state index contributed by atoms with van der Waals surface area (Å²) in [6.07, 6.45) is 0. The van der Waals surface area contributed by atoms with Gasteiger partial charge in [0, 0.05) is 21.9 Å². The standard InChI is InChI=1S/C13H7F2NO4S/c14-7-1-4-12(10(15)5-7)21-8-2-3-9(13(17)18)11(6-8)16(19)20/h1-6H,(H,17,18). The predicted octanol–water partition coefficient (Wildman–Crippen LogP) is 3.72. The first kappa shape index (κ1) is 14.9. The smallest absolute Gasteiger partial charge is 0.342 e. The van der Waals surface area contributed by atoms with E-state index in [1.807, 2.05) is 0 Å². The van der Waals surface area contributed by atoms with Crippen molar-refractivity contribution in [2.24, 2.45) is 0 Å². The monoisotopic (exact) mass is 311 g/mol. The third-order valence-corrected chi connectivity index (χ3v) is 3.56. The van der Waals surface area contributed by atoms with Crippen molar-refractivity contribution in [3.05, 3.63) is 63.7 Å². The largest absolute Gasteiger partial charge is 0.477 e. The summed E-state index contributed by atoms with van der Waals surface area (Å²) < 4.78 is 26.3. The second-order valence-corrected chi connectivity index (χ2v) is 5.03. The van der Waals surface area contributed by atoms with Gasteiger partial charge < -0.3 is 5.11 Å². The summed E-state index contributed by atoms with van der Waals surface area (Å²) in [5, 5.41) is 19.7. The molecule has 0 heterocycles. The van der Waals surface area contributed by atoms with Gasteiger partial charge in [0.1, 0.15) is 17.2 Å². The molecule has 0 atom stereocenters. The van der Waals surface area contributed by atoms with Crippen molar-refractivity contribution in [2.45, 2.75) is 9.79 Å².